The Kier molecular flexibility index (Phi) is 6.07. The lowest BCUT2D eigenvalue weighted by Crippen LogP contribution is -2.31. The second-order valence-corrected chi connectivity index (χ2v) is 9.44. The number of likely N-dealkylation sites (N-methyl/N-ethyl adjacent to an activating group) is 1. The average Bonchev–Trinajstić information content (AvgIpc) is 3.44. The number of hydrogen-bond donors (Lipinski definition) is 1. The predicted molar refractivity (Wildman–Crippen MR) is 118 cm³/mol. The van der Waals surface area contributed by atoms with E-state index in [-0.39, 0.29) is 17.7 Å². The summed E-state index contributed by atoms with van der Waals surface area (Å²) in [5.74, 6) is 0.00413. The summed E-state index contributed by atoms with van der Waals surface area (Å²) in [6.07, 6.45) is 2.57. The number of aryl methyl sites for hydroxylation is 1. The van der Waals surface area contributed by atoms with Crippen LogP contribution >= 0.6 is 22.9 Å². The van der Waals surface area contributed by atoms with E-state index in [9.17, 15) is 9.59 Å². The zero-order valence-corrected chi connectivity index (χ0v) is 18.8. The largest absolute Gasteiger partial charge is 0.350 e. The summed E-state index contributed by atoms with van der Waals surface area (Å²) in [6, 6.07) is 3.92. The molecule has 1 aliphatic rings. The van der Waals surface area contributed by atoms with E-state index in [2.05, 4.69) is 19.9 Å². The van der Waals surface area contributed by atoms with Gasteiger partial charge in [0.25, 0.3) is 11.8 Å². The summed E-state index contributed by atoms with van der Waals surface area (Å²) >= 11 is 2.57. The predicted octanol–water partition coefficient (Wildman–Crippen LogP) is 2.38. The summed E-state index contributed by atoms with van der Waals surface area (Å²) in [4.78, 5) is 36.4. The van der Waals surface area contributed by atoms with Gasteiger partial charge in [0.15, 0.2) is 0 Å². The third kappa shape index (κ3) is 4.07. The number of rotatable bonds is 6. The van der Waals surface area contributed by atoms with E-state index in [0.29, 0.717) is 35.1 Å². The molecule has 30 heavy (non-hydrogen) atoms. The van der Waals surface area contributed by atoms with Gasteiger partial charge >= 0.3 is 0 Å². The Labute approximate surface area is 183 Å². The van der Waals surface area contributed by atoms with E-state index in [0.717, 1.165) is 40.3 Å². The minimum Gasteiger partial charge on any atom is -0.350 e. The van der Waals surface area contributed by atoms with Gasteiger partial charge in [0.1, 0.15) is 9.71 Å². The number of thiophene rings is 1. The van der Waals surface area contributed by atoms with Gasteiger partial charge in [-0.25, -0.2) is 4.98 Å². The summed E-state index contributed by atoms with van der Waals surface area (Å²) in [7, 11) is 3.96. The number of nitrogens with zero attached hydrogens (tertiary/aromatic N) is 5. The van der Waals surface area contributed by atoms with Crippen LogP contribution in [0.15, 0.2) is 18.3 Å². The fourth-order valence-corrected chi connectivity index (χ4v) is 5.52. The van der Waals surface area contributed by atoms with Crippen LogP contribution < -0.4 is 5.32 Å². The molecule has 0 bridgehead atoms. The molecule has 0 saturated carbocycles. The van der Waals surface area contributed by atoms with E-state index in [1.165, 1.54) is 11.3 Å². The van der Waals surface area contributed by atoms with Gasteiger partial charge in [0.2, 0.25) is 0 Å². The number of fused-ring (bicyclic) bond motifs is 1. The molecule has 1 saturated heterocycles. The van der Waals surface area contributed by atoms with Crippen LogP contribution in [0.5, 0.6) is 0 Å². The first-order valence-corrected chi connectivity index (χ1v) is 11.4. The molecule has 0 unspecified atom stereocenters. The Bertz CT molecular complexity index is 1080. The molecule has 1 aliphatic heterocycles. The Morgan fingerprint density at radius 1 is 1.33 bits per heavy atom. The second-order valence-electron chi connectivity index (χ2n) is 7.68. The van der Waals surface area contributed by atoms with Crippen molar-refractivity contribution in [2.75, 3.05) is 40.3 Å². The lowest BCUT2D eigenvalue weighted by atomic mass is 9.95. The van der Waals surface area contributed by atoms with Crippen LogP contribution in [-0.4, -0.2) is 76.5 Å². The van der Waals surface area contributed by atoms with Crippen molar-refractivity contribution in [2.45, 2.75) is 19.3 Å². The van der Waals surface area contributed by atoms with Crippen molar-refractivity contribution < 1.29 is 9.59 Å². The second kappa shape index (κ2) is 8.75. The minimum atomic E-state index is -0.0675. The molecule has 10 heteroatoms. The third-order valence-electron chi connectivity index (χ3n) is 5.28. The number of carbonyl (C=O) groups is 2. The molecule has 1 fully saturated rings. The summed E-state index contributed by atoms with van der Waals surface area (Å²) in [6.45, 7) is 4.39. The van der Waals surface area contributed by atoms with Crippen molar-refractivity contribution in [1.82, 2.24) is 29.7 Å². The van der Waals surface area contributed by atoms with Crippen LogP contribution in [0.3, 0.4) is 0 Å². The minimum absolute atomic E-state index is 0.0281. The smallest absolute Gasteiger partial charge is 0.267 e. The standard InChI is InChI=1S/C20H24N6O2S2/c1-12-16(30-24-23-12)20(28)26-9-6-13(11-26)15-14-5-4-7-22-19(14)29-17(15)18(27)21-8-10-25(2)3/h4-5,7,13H,6,8-11H2,1-3H3,(H,21,27)/t13-/m1/s1. The molecule has 0 aromatic carbocycles. The van der Waals surface area contributed by atoms with Gasteiger partial charge < -0.3 is 15.1 Å². The lowest BCUT2D eigenvalue weighted by molar-refractivity contribution is 0.0794. The van der Waals surface area contributed by atoms with Crippen LogP contribution in [0.1, 0.15) is 42.9 Å². The first-order chi connectivity index (χ1) is 14.5. The Hall–Kier alpha value is -2.43. The monoisotopic (exact) mass is 444 g/mol. The summed E-state index contributed by atoms with van der Waals surface area (Å²) < 4.78 is 3.88. The molecule has 0 aliphatic carbocycles. The maximum atomic E-state index is 13.0. The van der Waals surface area contributed by atoms with Crippen molar-refractivity contribution in [3.05, 3.63) is 39.3 Å². The van der Waals surface area contributed by atoms with Gasteiger partial charge in [0.05, 0.1) is 10.6 Å². The number of carbonyl (C=O) groups excluding carboxylic acids is 2. The first kappa shape index (κ1) is 20.8. The Balaban J connectivity index is 1.59. The lowest BCUT2D eigenvalue weighted by Gasteiger charge is -2.16. The summed E-state index contributed by atoms with van der Waals surface area (Å²) in [5, 5.41) is 7.99. The quantitative estimate of drug-likeness (QED) is 0.628. The maximum absolute atomic E-state index is 13.0. The molecule has 1 N–H and O–H groups in total. The average molecular weight is 445 g/mol. The highest BCUT2D eigenvalue weighted by Crippen LogP contribution is 2.39. The van der Waals surface area contributed by atoms with Crippen LogP contribution in [0.25, 0.3) is 10.2 Å². The third-order valence-corrected chi connectivity index (χ3v) is 7.23. The molecule has 1 atom stereocenters. The molecule has 3 aromatic heterocycles. The molecule has 0 radical (unpaired) electrons. The molecule has 2 amide bonds. The van der Waals surface area contributed by atoms with Crippen molar-refractivity contribution >= 4 is 44.9 Å². The van der Waals surface area contributed by atoms with Crippen LogP contribution in [-0.2, 0) is 0 Å². The van der Waals surface area contributed by atoms with E-state index in [1.54, 1.807) is 13.1 Å². The van der Waals surface area contributed by atoms with Gasteiger partial charge in [0, 0.05) is 43.7 Å². The normalized spacial score (nSPS) is 16.5. The molecule has 158 valence electrons. The van der Waals surface area contributed by atoms with Gasteiger partial charge in [-0.3, -0.25) is 9.59 Å². The molecule has 4 heterocycles. The maximum Gasteiger partial charge on any atom is 0.267 e. The number of amides is 2. The SMILES string of the molecule is Cc1nnsc1C(=O)N1CC[C@@H](c2c(C(=O)NCCN(C)C)sc3ncccc23)C1. The van der Waals surface area contributed by atoms with Gasteiger partial charge in [-0.05, 0) is 50.6 Å². The fourth-order valence-electron chi connectivity index (χ4n) is 3.75. The van der Waals surface area contributed by atoms with Crippen LogP contribution in [0.2, 0.25) is 0 Å². The highest BCUT2D eigenvalue weighted by molar-refractivity contribution is 7.20. The van der Waals surface area contributed by atoms with Crippen LogP contribution in [0.4, 0.5) is 0 Å². The van der Waals surface area contributed by atoms with Gasteiger partial charge in [-0.15, -0.1) is 16.4 Å². The number of nitrogens with one attached hydrogen (secondary N) is 1. The molecular weight excluding hydrogens is 420 g/mol. The van der Waals surface area contributed by atoms with E-state index < -0.39 is 0 Å². The first-order valence-electron chi connectivity index (χ1n) is 9.84. The number of pyridine rings is 1. The topological polar surface area (TPSA) is 91.3 Å². The van der Waals surface area contributed by atoms with Gasteiger partial charge in [-0.2, -0.15) is 0 Å². The molecular formula is C20H24N6O2S2. The number of aromatic nitrogens is 3. The van der Waals surface area contributed by atoms with Crippen molar-refractivity contribution in [3.8, 4) is 0 Å². The summed E-state index contributed by atoms with van der Waals surface area (Å²) in [5.41, 5.74) is 1.68. The van der Waals surface area contributed by atoms with E-state index in [4.69, 9.17) is 0 Å². The highest BCUT2D eigenvalue weighted by Gasteiger charge is 2.34. The van der Waals surface area contributed by atoms with Gasteiger partial charge in [-0.1, -0.05) is 10.6 Å². The van der Waals surface area contributed by atoms with Crippen LogP contribution in [0, 0.1) is 6.92 Å². The Morgan fingerprint density at radius 3 is 2.90 bits per heavy atom. The molecule has 0 spiro atoms. The molecule has 4 rings (SSSR count). The number of likely N-dealkylation sites (tertiary alicyclic amines) is 1. The van der Waals surface area contributed by atoms with Crippen molar-refractivity contribution in [2.24, 2.45) is 0 Å². The zero-order valence-electron chi connectivity index (χ0n) is 17.2. The molecule has 3 aromatic rings. The van der Waals surface area contributed by atoms with Crippen molar-refractivity contribution in [1.29, 1.82) is 0 Å². The highest BCUT2D eigenvalue weighted by atomic mass is 32.1. The zero-order chi connectivity index (χ0) is 21.3. The fraction of sp³-hybridized carbons (Fsp3) is 0.450. The number of hydrogen-bond acceptors (Lipinski definition) is 8. The Morgan fingerprint density at radius 2 is 2.17 bits per heavy atom. The van der Waals surface area contributed by atoms with E-state index >= 15 is 0 Å². The molecule has 8 nitrogen and oxygen atoms in total. The van der Waals surface area contributed by atoms with Crippen molar-refractivity contribution in [3.63, 3.8) is 0 Å². The van der Waals surface area contributed by atoms with E-state index in [1.807, 2.05) is 36.0 Å².